The number of methoxy groups -OCH3 is 3. The number of hydrogen-bond donors (Lipinski definition) is 4. The van der Waals surface area contributed by atoms with Gasteiger partial charge in [-0.15, -0.1) is 4.33 Å². The number of ether oxygens (including phenoxy) is 8. The van der Waals surface area contributed by atoms with E-state index in [0.717, 1.165) is 0 Å². The maximum atomic E-state index is 10.3. The van der Waals surface area contributed by atoms with Crippen LogP contribution in [0.3, 0.4) is 0 Å². The Hall–Kier alpha value is 0.1000. The molecule has 1 unspecified atom stereocenters. The average Bonchev–Trinajstić information content (AvgIpc) is 3.14. The number of aliphatic hydroxyl groups is 3. The van der Waals surface area contributed by atoms with E-state index in [1.165, 1.54) is 21.3 Å². The first-order valence-electron chi connectivity index (χ1n) is 11.8. The fraction of sp³-hybridized carbons (Fsp3) is 1.00. The van der Waals surface area contributed by atoms with E-state index in [0.29, 0.717) is 18.1 Å². The molecule has 0 aliphatic carbocycles. The fourth-order valence-electron chi connectivity index (χ4n) is 4.34. The maximum absolute atomic E-state index is 10.3. The van der Waals surface area contributed by atoms with Crippen molar-refractivity contribution in [2.24, 2.45) is 0 Å². The van der Waals surface area contributed by atoms with Gasteiger partial charge in [-0.25, -0.2) is 5.26 Å². The molecule has 38 heavy (non-hydrogen) atoms. The summed E-state index contributed by atoms with van der Waals surface area (Å²) >= 11 is 0.344. The van der Waals surface area contributed by atoms with Crippen LogP contribution in [0.2, 0.25) is 0 Å². The lowest BCUT2D eigenvalue weighted by Crippen LogP contribution is -2.63. The molecule has 0 saturated carbocycles. The minimum atomic E-state index is -1.14. The minimum Gasteiger partial charge on any atom is -0.391 e. The summed E-state index contributed by atoms with van der Waals surface area (Å²) in [4.78, 5) is 0. The summed E-state index contributed by atoms with van der Waals surface area (Å²) < 4.78 is 55.4. The van der Waals surface area contributed by atoms with Crippen LogP contribution in [0.25, 0.3) is 0 Å². The topological polar surface area (TPSA) is 182 Å². The third-order valence-corrected chi connectivity index (χ3v) is 9.08. The first-order valence-corrected chi connectivity index (χ1v) is 14.1. The summed E-state index contributed by atoms with van der Waals surface area (Å²) in [7, 11) is 3.78. The van der Waals surface area contributed by atoms with Gasteiger partial charge in [0.15, 0.2) is 23.4 Å². The van der Waals surface area contributed by atoms with Crippen molar-refractivity contribution in [2.75, 3.05) is 66.4 Å². The molecule has 2 aliphatic rings. The van der Waals surface area contributed by atoms with Crippen molar-refractivity contribution in [3.8, 4) is 0 Å². The van der Waals surface area contributed by atoms with E-state index in [9.17, 15) is 15.3 Å². The highest BCUT2D eigenvalue weighted by Gasteiger charge is 2.56. The van der Waals surface area contributed by atoms with Crippen LogP contribution < -0.4 is 0 Å². The van der Waals surface area contributed by atoms with Gasteiger partial charge in [-0.2, -0.15) is 0 Å². The molecule has 9 atom stereocenters. The molecule has 0 bridgehead atoms. The average molecular weight is 598 g/mol. The van der Waals surface area contributed by atoms with Crippen molar-refractivity contribution >= 4 is 23.2 Å². The Morgan fingerprint density at radius 2 is 1.71 bits per heavy atom. The Morgan fingerprint density at radius 3 is 2.34 bits per heavy atom. The maximum Gasteiger partial charge on any atom is 0.198 e. The standard InChI is InChI=1S/C21H40O15S2/c1-21(2)32-15(9-38-8-13(23)17(24)16(38)6-22)19(34-37-36-35-25)20(33-21)18(31-12-28-5)14(30-11-27-4)7-29-10-26-3/h13-20,22-24H,6-12H2,1-5H3/p+1/t13-,14-,15-,16-,17+,18+,19-,20+,38?/m1/s1. The molecule has 2 heterocycles. The van der Waals surface area contributed by atoms with E-state index < -0.39 is 64.7 Å². The first kappa shape index (κ1) is 34.3. The second-order valence-corrected chi connectivity index (χ2v) is 11.8. The zero-order valence-corrected chi connectivity index (χ0v) is 23.8. The normalized spacial score (nSPS) is 32.9. The Labute approximate surface area is 229 Å². The molecule has 226 valence electrons. The smallest absolute Gasteiger partial charge is 0.198 e. The van der Waals surface area contributed by atoms with Crippen molar-refractivity contribution < 1.29 is 72.0 Å². The summed E-state index contributed by atoms with van der Waals surface area (Å²) in [5.74, 6) is -0.561. The predicted molar refractivity (Wildman–Crippen MR) is 132 cm³/mol. The molecule has 4 N–H and O–H groups in total. The Balaban J connectivity index is 2.40. The van der Waals surface area contributed by atoms with Crippen molar-refractivity contribution in [1.82, 2.24) is 0 Å². The SMILES string of the molecule is COCOC[C@@H](OCOC)[C@H](OCOC)[C@@H]1OC(C)(C)O[C@H](C[S+]2C[C@@H](O)[C@H](O)[C@H]2CO)[C@H]1OSOOO. The van der Waals surface area contributed by atoms with Crippen LogP contribution in [-0.2, 0) is 62.3 Å². The van der Waals surface area contributed by atoms with Crippen molar-refractivity contribution in [3.63, 3.8) is 0 Å². The van der Waals surface area contributed by atoms with Gasteiger partial charge < -0.3 is 53.2 Å². The summed E-state index contributed by atoms with van der Waals surface area (Å²) in [6, 6.07) is 0. The monoisotopic (exact) mass is 597 g/mol. The van der Waals surface area contributed by atoms with Gasteiger partial charge in [-0.3, -0.25) is 4.18 Å². The minimum absolute atomic E-state index is 0.0000528. The van der Waals surface area contributed by atoms with Crippen LogP contribution >= 0.6 is 12.3 Å². The van der Waals surface area contributed by atoms with Crippen molar-refractivity contribution in [1.29, 1.82) is 0 Å². The number of aliphatic hydroxyl groups excluding tert-OH is 3. The molecule has 2 saturated heterocycles. The molecular formula is C21H41O15S2+. The van der Waals surface area contributed by atoms with Gasteiger partial charge in [0, 0.05) is 32.2 Å². The quantitative estimate of drug-likeness (QED) is 0.0362. The van der Waals surface area contributed by atoms with Crippen LogP contribution in [-0.4, -0.2) is 141 Å². The van der Waals surface area contributed by atoms with Crippen molar-refractivity contribution in [3.05, 3.63) is 0 Å². The number of hydrogen-bond acceptors (Lipinski definition) is 16. The van der Waals surface area contributed by atoms with E-state index in [-0.39, 0.29) is 39.3 Å². The van der Waals surface area contributed by atoms with Crippen LogP contribution in [0.4, 0.5) is 0 Å². The lowest BCUT2D eigenvalue weighted by Gasteiger charge is -2.47. The summed E-state index contributed by atoms with van der Waals surface area (Å²) in [5.41, 5.74) is 0. The molecule has 0 aromatic rings. The highest BCUT2D eigenvalue weighted by Crippen LogP contribution is 2.37. The molecule has 0 amide bonds. The fourth-order valence-corrected chi connectivity index (χ4v) is 7.46. The third kappa shape index (κ3) is 10.2. The zero-order chi connectivity index (χ0) is 28.1. The molecule has 15 nitrogen and oxygen atoms in total. The van der Waals surface area contributed by atoms with Gasteiger partial charge >= 0.3 is 0 Å². The highest BCUT2D eigenvalue weighted by atomic mass is 32.2. The van der Waals surface area contributed by atoms with Crippen LogP contribution in [0.1, 0.15) is 13.8 Å². The Kier molecular flexibility index (Phi) is 16.1. The first-order chi connectivity index (χ1) is 18.2. The van der Waals surface area contributed by atoms with Crippen LogP contribution in [0.5, 0.6) is 0 Å². The molecule has 0 spiro atoms. The van der Waals surface area contributed by atoms with Gasteiger partial charge in [0.1, 0.15) is 74.6 Å². The molecule has 0 radical (unpaired) electrons. The summed E-state index contributed by atoms with van der Waals surface area (Å²) in [6.45, 7) is 2.95. The second-order valence-electron chi connectivity index (χ2n) is 8.99. The number of rotatable bonds is 19. The van der Waals surface area contributed by atoms with Gasteiger partial charge in [-0.05, 0) is 13.8 Å². The van der Waals surface area contributed by atoms with E-state index in [4.69, 9.17) is 47.3 Å². The van der Waals surface area contributed by atoms with E-state index in [1.54, 1.807) is 13.8 Å². The molecule has 0 aromatic carbocycles. The zero-order valence-electron chi connectivity index (χ0n) is 22.2. The summed E-state index contributed by atoms with van der Waals surface area (Å²) in [5, 5.41) is 42.2. The van der Waals surface area contributed by atoms with Crippen molar-refractivity contribution in [2.45, 2.75) is 67.6 Å². The van der Waals surface area contributed by atoms with E-state index in [2.05, 4.69) is 9.37 Å². The summed E-state index contributed by atoms with van der Waals surface area (Å²) in [6.07, 6.45) is -6.18. The largest absolute Gasteiger partial charge is 0.391 e. The van der Waals surface area contributed by atoms with Gasteiger partial charge in [0.05, 0.1) is 13.2 Å². The molecule has 2 rings (SSSR count). The van der Waals surface area contributed by atoms with E-state index in [1.807, 2.05) is 0 Å². The highest BCUT2D eigenvalue weighted by molar-refractivity contribution is 7.97. The van der Waals surface area contributed by atoms with Crippen LogP contribution in [0, 0.1) is 0 Å². The van der Waals surface area contributed by atoms with Crippen LogP contribution in [0.15, 0.2) is 0 Å². The molecule has 2 aliphatic heterocycles. The predicted octanol–water partition coefficient (Wildman–Crippen LogP) is -0.811. The molecule has 0 aromatic heterocycles. The lowest BCUT2D eigenvalue weighted by atomic mass is 9.97. The van der Waals surface area contributed by atoms with E-state index >= 15 is 0 Å². The van der Waals surface area contributed by atoms with Gasteiger partial charge in [0.2, 0.25) is 0 Å². The third-order valence-electron chi connectivity index (χ3n) is 5.85. The van der Waals surface area contributed by atoms with Gasteiger partial charge in [0.25, 0.3) is 0 Å². The molecular weight excluding hydrogens is 556 g/mol. The second kappa shape index (κ2) is 17.8. The van der Waals surface area contributed by atoms with Gasteiger partial charge in [-0.1, -0.05) is 5.04 Å². The molecule has 2 fully saturated rings. The Morgan fingerprint density at radius 1 is 1.03 bits per heavy atom. The lowest BCUT2D eigenvalue weighted by molar-refractivity contribution is -0.435. The Bertz CT molecular complexity index is 635. The molecule has 17 heteroatoms.